The number of ether oxygens (including phenoxy) is 2. The van der Waals surface area contributed by atoms with Crippen molar-refractivity contribution in [2.24, 2.45) is 11.5 Å². The van der Waals surface area contributed by atoms with E-state index in [1.807, 2.05) is 12.1 Å². The molecule has 0 aliphatic rings. The van der Waals surface area contributed by atoms with E-state index in [9.17, 15) is 23.7 Å². The van der Waals surface area contributed by atoms with E-state index >= 15 is 0 Å². The van der Waals surface area contributed by atoms with Gasteiger partial charge in [0.05, 0.1) is 12.1 Å². The Labute approximate surface area is 302 Å². The van der Waals surface area contributed by atoms with E-state index in [1.54, 1.807) is 109 Å². The third-order valence-corrected chi connectivity index (χ3v) is 8.60. The van der Waals surface area contributed by atoms with Gasteiger partial charge in [0, 0.05) is 17.7 Å². The highest BCUT2D eigenvalue weighted by Gasteiger charge is 2.41. The summed E-state index contributed by atoms with van der Waals surface area (Å²) in [5.41, 5.74) is 14.7. The van der Waals surface area contributed by atoms with Gasteiger partial charge in [-0.3, -0.25) is 9.59 Å². The van der Waals surface area contributed by atoms with Crippen molar-refractivity contribution in [1.29, 1.82) is 0 Å². The maximum absolute atomic E-state index is 13.7. The van der Waals surface area contributed by atoms with Crippen LogP contribution in [-0.4, -0.2) is 61.1 Å². The molecule has 0 fully saturated rings. The molecule has 272 valence electrons. The summed E-state index contributed by atoms with van der Waals surface area (Å²) in [5, 5.41) is 5.13. The van der Waals surface area contributed by atoms with Crippen molar-refractivity contribution in [3.8, 4) is 0 Å². The van der Waals surface area contributed by atoms with Crippen LogP contribution in [0.5, 0.6) is 0 Å². The van der Waals surface area contributed by atoms with Crippen LogP contribution in [0.15, 0.2) is 121 Å². The van der Waals surface area contributed by atoms with Crippen molar-refractivity contribution in [3.63, 3.8) is 0 Å². The van der Waals surface area contributed by atoms with E-state index in [2.05, 4.69) is 10.6 Å². The summed E-state index contributed by atoms with van der Waals surface area (Å²) in [6, 6.07) is 33.4. The molecule has 14 heteroatoms. The predicted molar refractivity (Wildman–Crippen MR) is 193 cm³/mol. The number of hydrogen-bond acceptors (Lipinski definition) is 11. The Morgan fingerprint density at radius 3 is 1.13 bits per heavy atom. The minimum absolute atomic E-state index is 0.0329. The van der Waals surface area contributed by atoms with Gasteiger partial charge >= 0.3 is 20.4 Å². The number of amides is 2. The van der Waals surface area contributed by atoms with Crippen molar-refractivity contribution in [2.75, 3.05) is 13.1 Å². The SMILES string of the molecule is NC[C@@H](O[P+](=O)O[C@H](CN)C(=O)[C@H](Cc1ccccc1)NC(=O)OCc1ccccc1)C(=O)[C@H](Cc1ccccc1)NC(=O)OCc1ccccc1. The predicted octanol–water partition coefficient (Wildman–Crippen LogP) is 4.55. The number of benzene rings is 4. The number of alkyl carbamates (subject to hydrolysis) is 2. The number of Topliss-reactive ketones (excluding diaryl/α,β-unsaturated/α-hetero) is 2. The van der Waals surface area contributed by atoms with Gasteiger partial charge in [0.2, 0.25) is 0 Å². The Kier molecular flexibility index (Phi) is 16.1. The molecule has 6 N–H and O–H groups in total. The van der Waals surface area contributed by atoms with Crippen molar-refractivity contribution in [3.05, 3.63) is 144 Å². The third kappa shape index (κ3) is 13.1. The fourth-order valence-electron chi connectivity index (χ4n) is 5.06. The second-order valence-electron chi connectivity index (χ2n) is 11.6. The van der Waals surface area contributed by atoms with Gasteiger partial charge in [-0.15, -0.1) is 9.05 Å². The Bertz CT molecular complexity index is 1610. The molecule has 0 aliphatic heterocycles. The molecule has 0 saturated carbocycles. The highest BCUT2D eigenvalue weighted by atomic mass is 31.1. The van der Waals surface area contributed by atoms with Crippen LogP contribution in [0, 0.1) is 0 Å². The highest BCUT2D eigenvalue weighted by molar-refractivity contribution is 7.33. The first-order valence-corrected chi connectivity index (χ1v) is 17.7. The van der Waals surface area contributed by atoms with Crippen LogP contribution in [-0.2, 0) is 58.7 Å². The second kappa shape index (κ2) is 21.2. The first-order chi connectivity index (χ1) is 25.2. The van der Waals surface area contributed by atoms with Crippen molar-refractivity contribution in [2.45, 2.75) is 50.3 Å². The van der Waals surface area contributed by atoms with Crippen LogP contribution < -0.4 is 22.1 Å². The van der Waals surface area contributed by atoms with Gasteiger partial charge in [0.15, 0.2) is 23.8 Å². The summed E-state index contributed by atoms with van der Waals surface area (Å²) in [5.74, 6) is -1.40. The summed E-state index contributed by atoms with van der Waals surface area (Å²) >= 11 is 0. The minimum Gasteiger partial charge on any atom is -0.445 e. The minimum atomic E-state index is -3.16. The molecule has 0 aromatic heterocycles. The van der Waals surface area contributed by atoms with Gasteiger partial charge in [-0.25, -0.2) is 9.59 Å². The monoisotopic (exact) mass is 729 g/mol. The number of ketones is 2. The summed E-state index contributed by atoms with van der Waals surface area (Å²) in [4.78, 5) is 52.9. The summed E-state index contributed by atoms with van der Waals surface area (Å²) in [7, 11) is -3.16. The maximum Gasteiger partial charge on any atom is 0.698 e. The highest BCUT2D eigenvalue weighted by Crippen LogP contribution is 2.29. The van der Waals surface area contributed by atoms with Gasteiger partial charge < -0.3 is 31.6 Å². The fraction of sp³-hybridized carbons (Fsp3) is 0.263. The molecule has 13 nitrogen and oxygen atoms in total. The molecule has 52 heavy (non-hydrogen) atoms. The van der Waals surface area contributed by atoms with Gasteiger partial charge in [-0.1, -0.05) is 121 Å². The second-order valence-corrected chi connectivity index (χ2v) is 12.5. The lowest BCUT2D eigenvalue weighted by Gasteiger charge is -2.21. The average Bonchev–Trinajstić information content (AvgIpc) is 3.18. The van der Waals surface area contributed by atoms with E-state index in [1.165, 1.54) is 0 Å². The smallest absolute Gasteiger partial charge is 0.445 e. The van der Waals surface area contributed by atoms with E-state index in [0.717, 1.165) is 11.1 Å². The molecule has 0 heterocycles. The average molecular weight is 730 g/mol. The summed E-state index contributed by atoms with van der Waals surface area (Å²) < 4.78 is 34.7. The zero-order chi connectivity index (χ0) is 37.1. The molecule has 4 rings (SSSR count). The first-order valence-electron chi connectivity index (χ1n) is 16.6. The van der Waals surface area contributed by atoms with E-state index in [-0.39, 0.29) is 26.1 Å². The number of carbonyl (C=O) groups excluding carboxylic acids is 4. The normalized spacial score (nSPS) is 13.1. The van der Waals surface area contributed by atoms with Crippen LogP contribution in [0.1, 0.15) is 22.3 Å². The van der Waals surface area contributed by atoms with Crippen LogP contribution in [0.2, 0.25) is 0 Å². The molecule has 0 unspecified atom stereocenters. The largest absolute Gasteiger partial charge is 0.698 e. The molecule has 4 aromatic rings. The van der Waals surface area contributed by atoms with Crippen molar-refractivity contribution < 1.29 is 42.3 Å². The van der Waals surface area contributed by atoms with Gasteiger partial charge in [0.1, 0.15) is 13.2 Å². The molecule has 0 radical (unpaired) electrons. The van der Waals surface area contributed by atoms with Crippen LogP contribution in [0.4, 0.5) is 9.59 Å². The number of nitrogens with two attached hydrogens (primary N) is 2. The molecular formula is C38H42N4O9P+. The van der Waals surface area contributed by atoms with Gasteiger partial charge in [-0.05, 0) is 35.1 Å². The van der Waals surface area contributed by atoms with Crippen LogP contribution in [0.25, 0.3) is 0 Å². The third-order valence-electron chi connectivity index (χ3n) is 7.75. The zero-order valence-electron chi connectivity index (χ0n) is 28.4. The number of nitrogens with one attached hydrogen (secondary N) is 2. The molecule has 0 bridgehead atoms. The van der Waals surface area contributed by atoms with Crippen LogP contribution in [0.3, 0.4) is 0 Å². The Morgan fingerprint density at radius 2 is 0.827 bits per heavy atom. The van der Waals surface area contributed by atoms with Crippen LogP contribution >= 0.6 is 8.25 Å². The number of rotatable bonds is 20. The maximum atomic E-state index is 13.7. The molecule has 0 saturated heterocycles. The molecule has 0 aliphatic carbocycles. The topological polar surface area (TPSA) is 198 Å². The van der Waals surface area contributed by atoms with Crippen molar-refractivity contribution in [1.82, 2.24) is 10.6 Å². The molecule has 0 spiro atoms. The Morgan fingerprint density at radius 1 is 0.519 bits per heavy atom. The number of hydrogen-bond donors (Lipinski definition) is 4. The van der Waals surface area contributed by atoms with Gasteiger partial charge in [-0.2, -0.15) is 0 Å². The lowest BCUT2D eigenvalue weighted by molar-refractivity contribution is -0.129. The fourth-order valence-corrected chi connectivity index (χ4v) is 5.91. The zero-order valence-corrected chi connectivity index (χ0v) is 29.3. The molecule has 2 amide bonds. The van der Waals surface area contributed by atoms with Gasteiger partial charge in [0.25, 0.3) is 0 Å². The lowest BCUT2D eigenvalue weighted by Crippen LogP contribution is -2.50. The number of carbonyl (C=O) groups is 4. The van der Waals surface area contributed by atoms with E-state index in [0.29, 0.717) is 11.1 Å². The quantitative estimate of drug-likeness (QED) is 0.0932. The Balaban J connectivity index is 1.41. The summed E-state index contributed by atoms with van der Waals surface area (Å²) in [6.07, 6.45) is -4.63. The molecule has 4 aromatic carbocycles. The Hall–Kier alpha value is -5.30. The first kappa shape index (κ1) is 39.5. The lowest BCUT2D eigenvalue weighted by atomic mass is 9.99. The summed E-state index contributed by atoms with van der Waals surface area (Å²) in [6.45, 7) is -0.923. The standard InChI is InChI=1S/C38H41N4O9P/c39-23-33(35(43)31(21-27-13-5-1-6-14-27)41-37(45)48-25-29-17-9-3-10-18-29)50-52(47)51-34(24-40)36(44)32(22-28-15-7-2-8-16-28)42-38(46)49-26-30-19-11-4-12-20-30/h1-20,31-34H,21-26,39-40H2,(H-,41,42,45,46)/p+1/t31-,32-,33+,34+/m0/s1. The van der Waals surface area contributed by atoms with E-state index < -0.39 is 69.4 Å². The molecule has 4 atom stereocenters. The van der Waals surface area contributed by atoms with Crippen molar-refractivity contribution >= 4 is 32.0 Å². The molecular weight excluding hydrogens is 687 g/mol. The van der Waals surface area contributed by atoms with E-state index in [4.69, 9.17) is 30.0 Å².